The molecular weight excluding hydrogens is 478 g/mol. The predicted molar refractivity (Wildman–Crippen MR) is 128 cm³/mol. The summed E-state index contributed by atoms with van der Waals surface area (Å²) in [6.07, 6.45) is 1.45. The first-order chi connectivity index (χ1) is 14.9. The first kappa shape index (κ1) is 21.3. The average Bonchev–Trinajstić information content (AvgIpc) is 3.11. The molecule has 1 amide bonds. The molecule has 2 aromatic carbocycles. The quantitative estimate of drug-likeness (QED) is 0.400. The molecule has 1 unspecified atom stereocenters. The summed E-state index contributed by atoms with van der Waals surface area (Å²) < 4.78 is 7.49. The minimum absolute atomic E-state index is 0.232. The summed E-state index contributed by atoms with van der Waals surface area (Å²) >= 11 is 4.92. The third kappa shape index (κ3) is 4.13. The van der Waals surface area contributed by atoms with Gasteiger partial charge in [-0.1, -0.05) is 28.1 Å². The predicted octanol–water partition coefficient (Wildman–Crippen LogP) is 5.40. The lowest BCUT2D eigenvalue weighted by Crippen LogP contribution is -2.31. The standard InChI is InChI=1S/C23H20BrN3O3S/c1-13(21(28)26-17-8-10-18(30-3)11-9-17)27-12-25-22-20(23(27)29)19(14(2)31-22)15-4-6-16(24)7-5-15/h4-13H,1-3H3,(H,26,28). The number of nitrogens with one attached hydrogen (secondary N) is 1. The molecule has 4 rings (SSSR count). The number of hydrogen-bond acceptors (Lipinski definition) is 5. The van der Waals surface area contributed by atoms with Crippen molar-refractivity contribution < 1.29 is 9.53 Å². The molecule has 31 heavy (non-hydrogen) atoms. The van der Waals surface area contributed by atoms with Gasteiger partial charge in [0.1, 0.15) is 16.6 Å². The van der Waals surface area contributed by atoms with E-state index in [0.29, 0.717) is 21.7 Å². The van der Waals surface area contributed by atoms with Crippen LogP contribution in [0.2, 0.25) is 0 Å². The van der Waals surface area contributed by atoms with Gasteiger partial charge in [0, 0.05) is 20.6 Å². The van der Waals surface area contributed by atoms with Crippen LogP contribution < -0.4 is 15.6 Å². The van der Waals surface area contributed by atoms with Gasteiger partial charge in [0.25, 0.3) is 5.56 Å². The Morgan fingerprint density at radius 2 is 1.84 bits per heavy atom. The van der Waals surface area contributed by atoms with Crippen LogP contribution in [0.1, 0.15) is 17.8 Å². The summed E-state index contributed by atoms with van der Waals surface area (Å²) in [5.74, 6) is 0.399. The van der Waals surface area contributed by atoms with Crippen molar-refractivity contribution in [3.05, 3.63) is 74.6 Å². The molecule has 8 heteroatoms. The van der Waals surface area contributed by atoms with Crippen LogP contribution in [0.4, 0.5) is 5.69 Å². The van der Waals surface area contributed by atoms with Gasteiger partial charge >= 0.3 is 0 Å². The van der Waals surface area contributed by atoms with Gasteiger partial charge in [0.2, 0.25) is 5.91 Å². The third-order valence-electron chi connectivity index (χ3n) is 5.10. The molecule has 1 atom stereocenters. The number of aryl methyl sites for hydroxylation is 1. The maximum atomic E-state index is 13.4. The van der Waals surface area contributed by atoms with E-state index in [9.17, 15) is 9.59 Å². The van der Waals surface area contributed by atoms with E-state index in [4.69, 9.17) is 4.74 Å². The summed E-state index contributed by atoms with van der Waals surface area (Å²) in [6.45, 7) is 3.67. The van der Waals surface area contributed by atoms with Crippen LogP contribution >= 0.6 is 27.3 Å². The second-order valence-corrected chi connectivity index (χ2v) is 9.19. The summed E-state index contributed by atoms with van der Waals surface area (Å²) in [5.41, 5.74) is 2.20. The lowest BCUT2D eigenvalue weighted by Gasteiger charge is -2.15. The van der Waals surface area contributed by atoms with Crippen molar-refractivity contribution in [2.75, 3.05) is 12.4 Å². The molecule has 6 nitrogen and oxygen atoms in total. The van der Waals surface area contributed by atoms with E-state index in [1.165, 1.54) is 22.2 Å². The number of hydrogen-bond donors (Lipinski definition) is 1. The molecule has 0 saturated heterocycles. The Bertz CT molecular complexity index is 1310. The largest absolute Gasteiger partial charge is 0.497 e. The molecular formula is C23H20BrN3O3S. The van der Waals surface area contributed by atoms with Crippen molar-refractivity contribution in [3.8, 4) is 16.9 Å². The van der Waals surface area contributed by atoms with Gasteiger partial charge in [0.05, 0.1) is 18.8 Å². The highest BCUT2D eigenvalue weighted by atomic mass is 79.9. The van der Waals surface area contributed by atoms with Gasteiger partial charge in [-0.05, 0) is 55.8 Å². The SMILES string of the molecule is COc1ccc(NC(=O)C(C)n2cnc3sc(C)c(-c4ccc(Br)cc4)c3c2=O)cc1. The summed E-state index contributed by atoms with van der Waals surface area (Å²) in [5, 5.41) is 3.38. The van der Waals surface area contributed by atoms with Gasteiger partial charge in [-0.3, -0.25) is 14.2 Å². The van der Waals surface area contributed by atoms with E-state index in [1.807, 2.05) is 31.2 Å². The fourth-order valence-corrected chi connectivity index (χ4v) is 4.67. The summed E-state index contributed by atoms with van der Waals surface area (Å²) in [4.78, 5) is 32.4. The van der Waals surface area contributed by atoms with Crippen LogP contribution in [0.15, 0.2) is 64.1 Å². The molecule has 0 spiro atoms. The van der Waals surface area contributed by atoms with Crippen molar-refractivity contribution in [2.45, 2.75) is 19.9 Å². The lowest BCUT2D eigenvalue weighted by atomic mass is 10.0. The number of rotatable bonds is 5. The number of methoxy groups -OCH3 is 1. The Morgan fingerprint density at radius 3 is 2.48 bits per heavy atom. The molecule has 0 aliphatic carbocycles. The second kappa shape index (κ2) is 8.64. The number of carbonyl (C=O) groups is 1. The average molecular weight is 498 g/mol. The van der Waals surface area contributed by atoms with Crippen molar-refractivity contribution in [1.82, 2.24) is 9.55 Å². The number of anilines is 1. The van der Waals surface area contributed by atoms with Gasteiger partial charge in [-0.25, -0.2) is 4.98 Å². The number of benzene rings is 2. The molecule has 0 saturated carbocycles. The number of halogens is 1. The number of thiophene rings is 1. The Morgan fingerprint density at radius 1 is 1.16 bits per heavy atom. The molecule has 0 radical (unpaired) electrons. The zero-order valence-electron chi connectivity index (χ0n) is 17.2. The van der Waals surface area contributed by atoms with E-state index in [2.05, 4.69) is 26.2 Å². The number of amides is 1. The fourth-order valence-electron chi connectivity index (χ4n) is 3.40. The molecule has 0 bridgehead atoms. The maximum Gasteiger partial charge on any atom is 0.263 e. The Balaban J connectivity index is 1.71. The number of nitrogens with zero attached hydrogens (tertiary/aromatic N) is 2. The Labute approximate surface area is 191 Å². The highest BCUT2D eigenvalue weighted by Crippen LogP contribution is 2.36. The summed E-state index contributed by atoms with van der Waals surface area (Å²) in [7, 11) is 1.58. The lowest BCUT2D eigenvalue weighted by molar-refractivity contribution is -0.118. The second-order valence-electron chi connectivity index (χ2n) is 7.07. The molecule has 0 aliphatic rings. The van der Waals surface area contributed by atoms with Gasteiger partial charge in [-0.2, -0.15) is 0 Å². The van der Waals surface area contributed by atoms with Crippen molar-refractivity contribution >= 4 is 49.1 Å². The van der Waals surface area contributed by atoms with E-state index in [1.54, 1.807) is 38.3 Å². The highest BCUT2D eigenvalue weighted by Gasteiger charge is 2.22. The molecule has 2 aromatic heterocycles. The van der Waals surface area contributed by atoms with Crippen LogP contribution in [0.3, 0.4) is 0 Å². The van der Waals surface area contributed by atoms with Crippen LogP contribution in [-0.4, -0.2) is 22.6 Å². The van der Waals surface area contributed by atoms with Gasteiger partial charge < -0.3 is 10.1 Å². The number of fused-ring (bicyclic) bond motifs is 1. The maximum absolute atomic E-state index is 13.4. The zero-order valence-corrected chi connectivity index (χ0v) is 19.6. The molecule has 4 aromatic rings. The van der Waals surface area contributed by atoms with E-state index >= 15 is 0 Å². The normalized spacial score (nSPS) is 12.0. The van der Waals surface area contributed by atoms with Gasteiger partial charge in [-0.15, -0.1) is 11.3 Å². The van der Waals surface area contributed by atoms with Crippen molar-refractivity contribution in [2.24, 2.45) is 0 Å². The monoisotopic (exact) mass is 497 g/mol. The van der Waals surface area contributed by atoms with E-state index in [0.717, 1.165) is 20.5 Å². The first-order valence-corrected chi connectivity index (χ1v) is 11.2. The Hall–Kier alpha value is -2.97. The van der Waals surface area contributed by atoms with Crippen LogP contribution in [0, 0.1) is 6.92 Å². The minimum Gasteiger partial charge on any atom is -0.497 e. The fraction of sp³-hybridized carbons (Fsp3) is 0.174. The van der Waals surface area contributed by atoms with E-state index in [-0.39, 0.29) is 11.5 Å². The highest BCUT2D eigenvalue weighted by molar-refractivity contribution is 9.10. The number of aromatic nitrogens is 2. The first-order valence-electron chi connectivity index (χ1n) is 9.60. The van der Waals surface area contributed by atoms with Gasteiger partial charge in [0.15, 0.2) is 0 Å². The molecule has 0 aliphatic heterocycles. The van der Waals surface area contributed by atoms with Crippen molar-refractivity contribution in [1.29, 1.82) is 0 Å². The minimum atomic E-state index is -0.732. The van der Waals surface area contributed by atoms with E-state index < -0.39 is 6.04 Å². The molecule has 0 fully saturated rings. The summed E-state index contributed by atoms with van der Waals surface area (Å²) in [6, 6.07) is 14.1. The molecule has 158 valence electrons. The Kier molecular flexibility index (Phi) is 5.93. The molecule has 2 heterocycles. The smallest absolute Gasteiger partial charge is 0.263 e. The zero-order chi connectivity index (χ0) is 22.1. The third-order valence-corrected chi connectivity index (χ3v) is 6.64. The topological polar surface area (TPSA) is 73.2 Å². The van der Waals surface area contributed by atoms with Crippen LogP contribution in [0.25, 0.3) is 21.3 Å². The van der Waals surface area contributed by atoms with Crippen LogP contribution in [-0.2, 0) is 4.79 Å². The number of ether oxygens (including phenoxy) is 1. The number of carbonyl (C=O) groups excluding carboxylic acids is 1. The van der Waals surface area contributed by atoms with Crippen molar-refractivity contribution in [3.63, 3.8) is 0 Å². The van der Waals surface area contributed by atoms with Crippen LogP contribution in [0.5, 0.6) is 5.75 Å². The molecule has 1 N–H and O–H groups in total.